The van der Waals surface area contributed by atoms with Gasteiger partial charge in [-0.25, -0.2) is 5.84 Å². The monoisotopic (exact) mass is 282 g/mol. The van der Waals surface area contributed by atoms with Crippen molar-refractivity contribution in [2.24, 2.45) is 5.84 Å². The Kier molecular flexibility index (Phi) is 4.56. The van der Waals surface area contributed by atoms with Gasteiger partial charge in [-0.1, -0.05) is 6.92 Å². The molecule has 20 heavy (non-hydrogen) atoms. The number of hydrogen-bond acceptors (Lipinski definition) is 8. The molecule has 8 heteroatoms. The molecule has 1 aliphatic rings. The van der Waals surface area contributed by atoms with E-state index in [-0.39, 0.29) is 12.0 Å². The first-order valence-electron chi connectivity index (χ1n) is 6.87. The van der Waals surface area contributed by atoms with Gasteiger partial charge in [0.05, 0.1) is 12.2 Å². The van der Waals surface area contributed by atoms with E-state index in [0.29, 0.717) is 19.1 Å². The normalized spacial score (nSPS) is 22.7. The van der Waals surface area contributed by atoms with Gasteiger partial charge in [-0.3, -0.25) is 5.43 Å². The van der Waals surface area contributed by atoms with Gasteiger partial charge in [0.1, 0.15) is 0 Å². The number of β-amino-alcohol motifs (C(OH)–C–C–N with tert-alkyl or cyclic N) is 1. The summed E-state index contributed by atoms with van der Waals surface area (Å²) in [5.41, 5.74) is 1.68. The van der Waals surface area contributed by atoms with E-state index >= 15 is 0 Å². The van der Waals surface area contributed by atoms with Crippen LogP contribution < -0.4 is 20.9 Å². The molecule has 0 saturated carbocycles. The van der Waals surface area contributed by atoms with Crippen molar-refractivity contribution in [1.29, 1.82) is 0 Å². The van der Waals surface area contributed by atoms with Gasteiger partial charge in [0.25, 0.3) is 0 Å². The Hall–Kier alpha value is -1.67. The number of rotatable bonds is 5. The standard InChI is InChI=1S/C12H22N6O2/c1-3-7-20-11-15-9(17-13)14-10(16-11)18-6-4-5-12(2,19)8-18/h19H,3-8,13H2,1-2H3,(H,14,15,16,17). The van der Waals surface area contributed by atoms with E-state index in [1.54, 1.807) is 0 Å². The van der Waals surface area contributed by atoms with E-state index in [0.717, 1.165) is 25.8 Å². The number of hydrazine groups is 1. The Morgan fingerprint density at radius 1 is 1.45 bits per heavy atom. The van der Waals surface area contributed by atoms with Crippen molar-refractivity contribution in [2.75, 3.05) is 30.0 Å². The quantitative estimate of drug-likeness (QED) is 0.522. The second kappa shape index (κ2) is 6.19. The fourth-order valence-corrected chi connectivity index (χ4v) is 2.20. The Balaban J connectivity index is 2.21. The lowest BCUT2D eigenvalue weighted by atomic mass is 9.95. The minimum atomic E-state index is -0.731. The second-order valence-electron chi connectivity index (χ2n) is 5.26. The average Bonchev–Trinajstić information content (AvgIpc) is 2.43. The SMILES string of the molecule is CCCOc1nc(NN)nc(N2CCCC(C)(O)C2)n1. The van der Waals surface area contributed by atoms with Crippen LogP contribution in [0.15, 0.2) is 0 Å². The van der Waals surface area contributed by atoms with E-state index in [9.17, 15) is 5.11 Å². The van der Waals surface area contributed by atoms with Crippen molar-refractivity contribution < 1.29 is 9.84 Å². The van der Waals surface area contributed by atoms with Crippen molar-refractivity contribution in [1.82, 2.24) is 15.0 Å². The molecule has 112 valence electrons. The third-order valence-corrected chi connectivity index (χ3v) is 3.13. The van der Waals surface area contributed by atoms with Gasteiger partial charge in [-0.2, -0.15) is 15.0 Å². The molecule has 1 aromatic heterocycles. The molecule has 1 atom stereocenters. The highest BCUT2D eigenvalue weighted by Crippen LogP contribution is 2.24. The molecule has 1 aromatic rings. The van der Waals surface area contributed by atoms with Crippen LogP contribution in [0.4, 0.5) is 11.9 Å². The zero-order valence-corrected chi connectivity index (χ0v) is 12.0. The van der Waals surface area contributed by atoms with Crippen LogP contribution in [0.2, 0.25) is 0 Å². The second-order valence-corrected chi connectivity index (χ2v) is 5.26. The minimum absolute atomic E-state index is 0.245. The van der Waals surface area contributed by atoms with Crippen molar-refractivity contribution in [3.8, 4) is 6.01 Å². The maximum atomic E-state index is 10.2. The summed E-state index contributed by atoms with van der Waals surface area (Å²) in [6.45, 7) is 5.62. The number of nitrogens with one attached hydrogen (secondary N) is 1. The fraction of sp³-hybridized carbons (Fsp3) is 0.750. The molecular formula is C12H22N6O2. The maximum Gasteiger partial charge on any atom is 0.323 e. The Morgan fingerprint density at radius 2 is 2.25 bits per heavy atom. The van der Waals surface area contributed by atoms with Crippen LogP contribution in [0, 0.1) is 0 Å². The van der Waals surface area contributed by atoms with E-state index in [4.69, 9.17) is 10.6 Å². The molecule has 2 rings (SSSR count). The smallest absolute Gasteiger partial charge is 0.323 e. The molecular weight excluding hydrogens is 260 g/mol. The highest BCUT2D eigenvalue weighted by atomic mass is 16.5. The largest absolute Gasteiger partial charge is 0.463 e. The lowest BCUT2D eigenvalue weighted by Crippen LogP contribution is -2.46. The van der Waals surface area contributed by atoms with Crippen LogP contribution in [0.25, 0.3) is 0 Å². The molecule has 1 saturated heterocycles. The van der Waals surface area contributed by atoms with Gasteiger partial charge in [-0.05, 0) is 26.2 Å². The summed E-state index contributed by atoms with van der Waals surface area (Å²) in [5.74, 6) is 6.10. The van der Waals surface area contributed by atoms with Crippen LogP contribution in [0.5, 0.6) is 6.01 Å². The van der Waals surface area contributed by atoms with E-state index in [1.807, 2.05) is 18.7 Å². The topological polar surface area (TPSA) is 109 Å². The summed E-state index contributed by atoms with van der Waals surface area (Å²) in [5, 5.41) is 10.2. The highest BCUT2D eigenvalue weighted by Gasteiger charge is 2.30. The summed E-state index contributed by atoms with van der Waals surface area (Å²) in [4.78, 5) is 14.5. The van der Waals surface area contributed by atoms with E-state index in [1.165, 1.54) is 0 Å². The van der Waals surface area contributed by atoms with Crippen LogP contribution in [-0.2, 0) is 0 Å². The van der Waals surface area contributed by atoms with Crippen LogP contribution in [-0.4, -0.2) is 45.4 Å². The summed E-state index contributed by atoms with van der Waals surface area (Å²) in [6.07, 6.45) is 2.52. The average molecular weight is 282 g/mol. The van der Waals surface area contributed by atoms with Crippen molar-refractivity contribution >= 4 is 11.9 Å². The fourth-order valence-electron chi connectivity index (χ4n) is 2.20. The first-order valence-corrected chi connectivity index (χ1v) is 6.87. The molecule has 1 aliphatic heterocycles. The van der Waals surface area contributed by atoms with Gasteiger partial charge in [0, 0.05) is 13.1 Å². The van der Waals surface area contributed by atoms with Gasteiger partial charge < -0.3 is 14.7 Å². The zero-order chi connectivity index (χ0) is 14.6. The third kappa shape index (κ3) is 3.67. The molecule has 0 aliphatic carbocycles. The number of ether oxygens (including phenoxy) is 1. The predicted molar refractivity (Wildman–Crippen MR) is 75.5 cm³/mol. The summed E-state index contributed by atoms with van der Waals surface area (Å²) < 4.78 is 5.43. The van der Waals surface area contributed by atoms with Gasteiger partial charge in [0.2, 0.25) is 11.9 Å². The summed E-state index contributed by atoms with van der Waals surface area (Å²) in [6, 6.07) is 0.245. The Labute approximate surface area is 118 Å². The molecule has 0 bridgehead atoms. The van der Waals surface area contributed by atoms with Gasteiger partial charge in [0.15, 0.2) is 0 Å². The predicted octanol–water partition coefficient (Wildman–Crippen LogP) is 0.297. The molecule has 0 radical (unpaired) electrons. The lowest BCUT2D eigenvalue weighted by Gasteiger charge is -2.36. The number of nitrogen functional groups attached to an aromatic ring is 1. The molecule has 8 nitrogen and oxygen atoms in total. The van der Waals surface area contributed by atoms with Crippen molar-refractivity contribution in [3.05, 3.63) is 0 Å². The Morgan fingerprint density at radius 3 is 2.90 bits per heavy atom. The number of nitrogens with two attached hydrogens (primary N) is 1. The summed E-state index contributed by atoms with van der Waals surface area (Å²) >= 11 is 0. The van der Waals surface area contributed by atoms with Crippen molar-refractivity contribution in [2.45, 2.75) is 38.7 Å². The van der Waals surface area contributed by atoms with Crippen molar-refractivity contribution in [3.63, 3.8) is 0 Å². The van der Waals surface area contributed by atoms with Crippen LogP contribution in [0.3, 0.4) is 0 Å². The Bertz CT molecular complexity index is 454. The third-order valence-electron chi connectivity index (χ3n) is 3.13. The summed E-state index contributed by atoms with van der Waals surface area (Å²) in [7, 11) is 0. The molecule has 2 heterocycles. The molecule has 1 unspecified atom stereocenters. The molecule has 4 N–H and O–H groups in total. The molecule has 0 spiro atoms. The highest BCUT2D eigenvalue weighted by molar-refractivity contribution is 5.38. The molecule has 0 aromatic carbocycles. The van der Waals surface area contributed by atoms with E-state index in [2.05, 4.69) is 20.4 Å². The van der Waals surface area contributed by atoms with Gasteiger partial charge >= 0.3 is 6.01 Å². The number of aliphatic hydroxyl groups is 1. The minimum Gasteiger partial charge on any atom is -0.463 e. The first kappa shape index (κ1) is 14.7. The maximum absolute atomic E-state index is 10.2. The molecule has 0 amide bonds. The van der Waals surface area contributed by atoms with E-state index < -0.39 is 5.60 Å². The number of piperidine rings is 1. The number of hydrogen-bond donors (Lipinski definition) is 3. The van der Waals surface area contributed by atoms with Crippen LogP contribution in [0.1, 0.15) is 33.1 Å². The first-order chi connectivity index (χ1) is 9.54. The number of nitrogens with zero attached hydrogens (tertiary/aromatic N) is 4. The zero-order valence-electron chi connectivity index (χ0n) is 12.0. The van der Waals surface area contributed by atoms with Gasteiger partial charge in [-0.15, -0.1) is 0 Å². The molecule has 1 fully saturated rings. The van der Waals surface area contributed by atoms with Crippen LogP contribution >= 0.6 is 0 Å². The number of anilines is 2. The number of aromatic nitrogens is 3. The lowest BCUT2D eigenvalue weighted by molar-refractivity contribution is 0.0444.